The molecule has 18 heavy (non-hydrogen) atoms. The van der Waals surface area contributed by atoms with Gasteiger partial charge >= 0.3 is 11.7 Å². The third kappa shape index (κ3) is 2.24. The lowest BCUT2D eigenvalue weighted by Crippen LogP contribution is -2.08. The Labute approximate surface area is 101 Å². The van der Waals surface area contributed by atoms with Crippen LogP contribution in [0.2, 0.25) is 0 Å². The van der Waals surface area contributed by atoms with Crippen LogP contribution in [0.3, 0.4) is 0 Å². The second kappa shape index (κ2) is 4.73. The summed E-state index contributed by atoms with van der Waals surface area (Å²) < 4.78 is 5.92. The Hall–Kier alpha value is -2.58. The van der Waals surface area contributed by atoms with Crippen molar-refractivity contribution in [3.8, 4) is 0 Å². The Kier molecular flexibility index (Phi) is 3.13. The topological polar surface area (TPSA) is 113 Å². The first-order valence-corrected chi connectivity index (χ1v) is 5.15. The fourth-order valence-electron chi connectivity index (χ4n) is 1.21. The zero-order chi connectivity index (χ0) is 13.1. The molecule has 2 heterocycles. The van der Waals surface area contributed by atoms with E-state index in [0.717, 1.165) is 16.9 Å². The van der Waals surface area contributed by atoms with Crippen LogP contribution in [0.1, 0.15) is 24.0 Å². The van der Waals surface area contributed by atoms with Gasteiger partial charge in [-0.1, -0.05) is 6.92 Å². The molecule has 94 valence electrons. The van der Waals surface area contributed by atoms with Crippen molar-refractivity contribution in [2.24, 2.45) is 0 Å². The molecule has 0 spiro atoms. The molecule has 0 unspecified atom stereocenters. The van der Waals surface area contributed by atoms with E-state index in [1.807, 2.05) is 6.92 Å². The normalized spacial score (nSPS) is 10.5. The van der Waals surface area contributed by atoms with Crippen molar-refractivity contribution in [1.29, 1.82) is 0 Å². The van der Waals surface area contributed by atoms with Gasteiger partial charge in [0.15, 0.2) is 0 Å². The summed E-state index contributed by atoms with van der Waals surface area (Å²) in [6, 6.07) is 0. The number of ether oxygens (including phenoxy) is 1. The molecule has 0 N–H and O–H groups in total. The van der Waals surface area contributed by atoms with Crippen LogP contribution >= 0.6 is 0 Å². The quantitative estimate of drug-likeness (QED) is 0.444. The monoisotopic (exact) mass is 251 g/mol. The van der Waals surface area contributed by atoms with Crippen molar-refractivity contribution in [3.05, 3.63) is 28.3 Å². The van der Waals surface area contributed by atoms with E-state index in [1.54, 1.807) is 0 Å². The van der Waals surface area contributed by atoms with Gasteiger partial charge in [-0.3, -0.25) is 10.1 Å². The van der Waals surface area contributed by atoms with E-state index >= 15 is 0 Å². The SMILES string of the molecule is CCCOC(=O)c1nc2ncc([N+](=O)[O-])cn2n1. The summed E-state index contributed by atoms with van der Waals surface area (Å²) in [5.74, 6) is -0.745. The van der Waals surface area contributed by atoms with E-state index in [0.29, 0.717) is 6.42 Å². The van der Waals surface area contributed by atoms with Gasteiger partial charge in [0.25, 0.3) is 11.6 Å². The van der Waals surface area contributed by atoms with Crippen LogP contribution in [0.4, 0.5) is 5.69 Å². The second-order valence-electron chi connectivity index (χ2n) is 3.39. The Balaban J connectivity index is 2.32. The van der Waals surface area contributed by atoms with Crippen molar-refractivity contribution in [2.75, 3.05) is 6.61 Å². The van der Waals surface area contributed by atoms with Crippen LogP contribution in [-0.4, -0.2) is 37.1 Å². The first kappa shape index (κ1) is 11.9. The van der Waals surface area contributed by atoms with Crippen molar-refractivity contribution < 1.29 is 14.5 Å². The van der Waals surface area contributed by atoms with E-state index < -0.39 is 10.9 Å². The zero-order valence-electron chi connectivity index (χ0n) is 9.44. The Bertz CT molecular complexity index is 608. The van der Waals surface area contributed by atoms with Gasteiger partial charge in [-0.15, -0.1) is 5.10 Å². The lowest BCUT2D eigenvalue weighted by Gasteiger charge is -1.96. The van der Waals surface area contributed by atoms with Gasteiger partial charge in [-0.05, 0) is 6.42 Å². The molecule has 0 fully saturated rings. The van der Waals surface area contributed by atoms with Gasteiger partial charge in [-0.25, -0.2) is 9.78 Å². The zero-order valence-corrected chi connectivity index (χ0v) is 9.44. The molecule has 0 aromatic carbocycles. The fourth-order valence-corrected chi connectivity index (χ4v) is 1.21. The van der Waals surface area contributed by atoms with E-state index in [9.17, 15) is 14.9 Å². The molecule has 9 heteroatoms. The molecule has 0 saturated heterocycles. The summed E-state index contributed by atoms with van der Waals surface area (Å²) in [7, 11) is 0. The Morgan fingerprint density at radius 1 is 1.61 bits per heavy atom. The number of hydrogen-bond donors (Lipinski definition) is 0. The molecule has 0 saturated carbocycles. The number of aromatic nitrogens is 4. The maximum absolute atomic E-state index is 11.5. The molecule has 0 aliphatic carbocycles. The summed E-state index contributed by atoms with van der Waals surface area (Å²) in [4.78, 5) is 28.9. The molecule has 0 aliphatic rings. The molecular weight excluding hydrogens is 242 g/mol. The van der Waals surface area contributed by atoms with Gasteiger partial charge < -0.3 is 4.74 Å². The number of nitrogens with zero attached hydrogens (tertiary/aromatic N) is 5. The van der Waals surface area contributed by atoms with Gasteiger partial charge in [0.05, 0.1) is 11.5 Å². The summed E-state index contributed by atoms with van der Waals surface area (Å²) in [5, 5.41) is 14.3. The molecule has 2 aromatic heterocycles. The van der Waals surface area contributed by atoms with Crippen LogP contribution in [0.5, 0.6) is 0 Å². The number of esters is 1. The molecule has 2 rings (SSSR count). The Morgan fingerprint density at radius 2 is 2.39 bits per heavy atom. The lowest BCUT2D eigenvalue weighted by molar-refractivity contribution is -0.385. The van der Waals surface area contributed by atoms with Crippen LogP contribution in [0, 0.1) is 10.1 Å². The average Bonchev–Trinajstić information content (AvgIpc) is 2.78. The molecular formula is C9H9N5O4. The van der Waals surface area contributed by atoms with Gasteiger partial charge in [0, 0.05) is 0 Å². The van der Waals surface area contributed by atoms with Crippen molar-refractivity contribution in [3.63, 3.8) is 0 Å². The molecule has 0 amide bonds. The minimum absolute atomic E-state index is 0.101. The maximum atomic E-state index is 11.5. The van der Waals surface area contributed by atoms with E-state index in [-0.39, 0.29) is 23.9 Å². The number of nitro groups is 1. The minimum Gasteiger partial charge on any atom is -0.460 e. The van der Waals surface area contributed by atoms with Crippen molar-refractivity contribution >= 4 is 17.4 Å². The standard InChI is InChI=1S/C9H9N5O4/c1-2-3-18-8(15)7-11-9-10-4-6(14(16)17)5-13(9)12-7/h4-5H,2-3H2,1H3. The smallest absolute Gasteiger partial charge is 0.378 e. The molecule has 0 bridgehead atoms. The molecule has 0 aliphatic heterocycles. The van der Waals surface area contributed by atoms with E-state index in [2.05, 4.69) is 15.1 Å². The molecule has 0 radical (unpaired) electrons. The van der Waals surface area contributed by atoms with Gasteiger partial charge in [-0.2, -0.15) is 9.50 Å². The lowest BCUT2D eigenvalue weighted by atomic mass is 10.5. The highest BCUT2D eigenvalue weighted by molar-refractivity contribution is 5.85. The average molecular weight is 251 g/mol. The number of hydrogen-bond acceptors (Lipinski definition) is 7. The molecule has 9 nitrogen and oxygen atoms in total. The van der Waals surface area contributed by atoms with Crippen molar-refractivity contribution in [2.45, 2.75) is 13.3 Å². The highest BCUT2D eigenvalue weighted by atomic mass is 16.6. The van der Waals surface area contributed by atoms with Crippen LogP contribution in [-0.2, 0) is 4.74 Å². The van der Waals surface area contributed by atoms with E-state index in [1.165, 1.54) is 0 Å². The number of carbonyl (C=O) groups is 1. The number of carbonyl (C=O) groups excluding carboxylic acids is 1. The maximum Gasteiger partial charge on any atom is 0.378 e. The summed E-state index contributed by atoms with van der Waals surface area (Å²) >= 11 is 0. The Morgan fingerprint density at radius 3 is 3.06 bits per heavy atom. The largest absolute Gasteiger partial charge is 0.460 e. The first-order chi connectivity index (χ1) is 8.61. The predicted octanol–water partition coefficient (Wildman–Crippen LogP) is 0.599. The number of fused-ring (bicyclic) bond motifs is 1. The minimum atomic E-state index is -0.676. The van der Waals surface area contributed by atoms with Crippen LogP contribution in [0.15, 0.2) is 12.4 Å². The number of rotatable bonds is 4. The third-order valence-corrected chi connectivity index (χ3v) is 2.01. The van der Waals surface area contributed by atoms with Crippen molar-refractivity contribution in [1.82, 2.24) is 19.6 Å². The van der Waals surface area contributed by atoms with Crippen LogP contribution in [0.25, 0.3) is 5.78 Å². The van der Waals surface area contributed by atoms with E-state index in [4.69, 9.17) is 4.74 Å². The summed E-state index contributed by atoms with van der Waals surface area (Å²) in [6.45, 7) is 2.12. The highest BCUT2D eigenvalue weighted by Gasteiger charge is 2.16. The molecule has 2 aromatic rings. The van der Waals surface area contributed by atoms with Gasteiger partial charge in [0.1, 0.15) is 12.4 Å². The van der Waals surface area contributed by atoms with Gasteiger partial charge in [0.2, 0.25) is 0 Å². The highest BCUT2D eigenvalue weighted by Crippen LogP contribution is 2.09. The molecule has 0 atom stereocenters. The predicted molar refractivity (Wildman–Crippen MR) is 58.0 cm³/mol. The fraction of sp³-hybridized carbons (Fsp3) is 0.333. The first-order valence-electron chi connectivity index (χ1n) is 5.15. The second-order valence-corrected chi connectivity index (χ2v) is 3.39. The summed E-state index contributed by atoms with van der Waals surface area (Å²) in [6.07, 6.45) is 2.86. The third-order valence-electron chi connectivity index (χ3n) is 2.01. The van der Waals surface area contributed by atoms with Crippen LogP contribution < -0.4 is 0 Å². The summed E-state index contributed by atoms with van der Waals surface area (Å²) in [5.41, 5.74) is -0.235.